The summed E-state index contributed by atoms with van der Waals surface area (Å²) in [6, 6.07) is 2.65. The number of carboxylic acid groups (broad SMARTS) is 1. The summed E-state index contributed by atoms with van der Waals surface area (Å²) in [6.45, 7) is 0.949. The van der Waals surface area contributed by atoms with E-state index in [1.807, 2.05) is 0 Å². The van der Waals surface area contributed by atoms with Crippen molar-refractivity contribution in [2.24, 2.45) is 0 Å². The van der Waals surface area contributed by atoms with Crippen LogP contribution in [0.5, 0.6) is 0 Å². The van der Waals surface area contributed by atoms with Crippen molar-refractivity contribution in [3.63, 3.8) is 0 Å². The Bertz CT molecular complexity index is 419. The molecule has 1 aromatic heterocycles. The van der Waals surface area contributed by atoms with Crippen LogP contribution in [0.3, 0.4) is 0 Å². The van der Waals surface area contributed by atoms with Gasteiger partial charge in [-0.15, -0.1) is 0 Å². The second-order valence-electron chi connectivity index (χ2n) is 3.06. The van der Waals surface area contributed by atoms with Gasteiger partial charge in [0, 0.05) is 19.3 Å². The molecule has 0 radical (unpaired) electrons. The van der Waals surface area contributed by atoms with Gasteiger partial charge < -0.3 is 10.4 Å². The summed E-state index contributed by atoms with van der Waals surface area (Å²) in [7, 11) is 0. The van der Waals surface area contributed by atoms with E-state index in [4.69, 9.17) is 5.11 Å². The molecule has 0 aliphatic carbocycles. The van der Waals surface area contributed by atoms with Gasteiger partial charge in [0.1, 0.15) is 5.56 Å². The number of aromatic carboxylic acids is 1. The van der Waals surface area contributed by atoms with Gasteiger partial charge >= 0.3 is 12.0 Å². The average Bonchev–Trinajstić information content (AvgIpc) is 2.64. The molecule has 0 spiro atoms. The van der Waals surface area contributed by atoms with Crippen molar-refractivity contribution in [3.05, 3.63) is 23.9 Å². The molecular weight excluding hydrogens is 198 g/mol. The van der Waals surface area contributed by atoms with Gasteiger partial charge in [-0.05, 0) is 12.1 Å². The minimum Gasteiger partial charge on any atom is -0.478 e. The van der Waals surface area contributed by atoms with Crippen LogP contribution in [0.15, 0.2) is 18.3 Å². The van der Waals surface area contributed by atoms with Crippen LogP contribution in [0.25, 0.3) is 0 Å². The van der Waals surface area contributed by atoms with Crippen molar-refractivity contribution in [3.8, 4) is 0 Å². The molecule has 1 aromatic rings. The third kappa shape index (κ3) is 1.61. The Kier molecular flexibility index (Phi) is 2.24. The molecule has 1 fully saturated rings. The van der Waals surface area contributed by atoms with E-state index in [9.17, 15) is 9.59 Å². The molecule has 6 nitrogen and oxygen atoms in total. The topological polar surface area (TPSA) is 82.5 Å². The number of carboxylic acids is 1. The normalized spacial score (nSPS) is 15.2. The third-order valence-corrected chi connectivity index (χ3v) is 2.13. The Balaban J connectivity index is 2.42. The molecule has 2 heterocycles. The fourth-order valence-electron chi connectivity index (χ4n) is 1.45. The lowest BCUT2D eigenvalue weighted by Crippen LogP contribution is -2.30. The zero-order chi connectivity index (χ0) is 10.8. The molecule has 0 aromatic carbocycles. The number of rotatable bonds is 2. The predicted molar refractivity (Wildman–Crippen MR) is 51.9 cm³/mol. The van der Waals surface area contributed by atoms with E-state index in [0.29, 0.717) is 13.1 Å². The highest BCUT2D eigenvalue weighted by molar-refractivity contribution is 6.00. The Morgan fingerprint density at radius 1 is 1.60 bits per heavy atom. The second-order valence-corrected chi connectivity index (χ2v) is 3.06. The summed E-state index contributed by atoms with van der Waals surface area (Å²) in [4.78, 5) is 27.5. The first kappa shape index (κ1) is 9.45. The van der Waals surface area contributed by atoms with E-state index in [1.54, 1.807) is 0 Å². The summed E-state index contributed by atoms with van der Waals surface area (Å²) in [5.41, 5.74) is 0.0366. The SMILES string of the molecule is O=C(O)c1cccnc1N1CCNC1=O. The molecule has 2 N–H and O–H groups in total. The minimum atomic E-state index is -1.09. The fraction of sp³-hybridized carbons (Fsp3) is 0.222. The number of nitrogens with zero attached hydrogens (tertiary/aromatic N) is 2. The van der Waals surface area contributed by atoms with Crippen LogP contribution in [0.4, 0.5) is 10.6 Å². The van der Waals surface area contributed by atoms with E-state index in [1.165, 1.54) is 23.2 Å². The highest BCUT2D eigenvalue weighted by atomic mass is 16.4. The maximum absolute atomic E-state index is 11.3. The van der Waals surface area contributed by atoms with Crippen LogP contribution in [0.1, 0.15) is 10.4 Å². The Labute approximate surface area is 85.5 Å². The number of anilines is 1. The Hall–Kier alpha value is -2.11. The number of amides is 2. The summed E-state index contributed by atoms with van der Waals surface area (Å²) in [6.07, 6.45) is 1.47. The zero-order valence-electron chi connectivity index (χ0n) is 7.80. The monoisotopic (exact) mass is 207 g/mol. The average molecular weight is 207 g/mol. The smallest absolute Gasteiger partial charge is 0.339 e. The van der Waals surface area contributed by atoms with Gasteiger partial charge in [-0.1, -0.05) is 0 Å². The largest absolute Gasteiger partial charge is 0.478 e. The van der Waals surface area contributed by atoms with Crippen molar-refractivity contribution >= 4 is 17.8 Å². The first-order valence-electron chi connectivity index (χ1n) is 4.44. The number of aromatic nitrogens is 1. The summed E-state index contributed by atoms with van der Waals surface area (Å²) >= 11 is 0. The van der Waals surface area contributed by atoms with Crippen molar-refractivity contribution in [2.45, 2.75) is 0 Å². The van der Waals surface area contributed by atoms with Crippen molar-refractivity contribution in [2.75, 3.05) is 18.0 Å². The molecule has 2 amide bonds. The van der Waals surface area contributed by atoms with Gasteiger partial charge in [0.25, 0.3) is 0 Å². The molecule has 1 aliphatic heterocycles. The maximum Gasteiger partial charge on any atom is 0.339 e. The van der Waals surface area contributed by atoms with E-state index in [2.05, 4.69) is 10.3 Å². The number of hydrogen-bond acceptors (Lipinski definition) is 3. The van der Waals surface area contributed by atoms with E-state index in [0.717, 1.165) is 0 Å². The van der Waals surface area contributed by atoms with Crippen molar-refractivity contribution < 1.29 is 14.7 Å². The number of hydrogen-bond donors (Lipinski definition) is 2. The number of urea groups is 1. The van der Waals surface area contributed by atoms with Crippen LogP contribution in [-0.4, -0.2) is 35.2 Å². The van der Waals surface area contributed by atoms with Crippen LogP contribution in [0.2, 0.25) is 0 Å². The quantitative estimate of drug-likeness (QED) is 0.731. The Morgan fingerprint density at radius 3 is 3.00 bits per heavy atom. The van der Waals surface area contributed by atoms with E-state index < -0.39 is 5.97 Å². The molecule has 6 heteroatoms. The van der Waals surface area contributed by atoms with Gasteiger partial charge in [-0.3, -0.25) is 4.90 Å². The predicted octanol–water partition coefficient (Wildman–Crippen LogP) is 0.309. The van der Waals surface area contributed by atoms with Crippen LogP contribution in [0, 0.1) is 0 Å². The van der Waals surface area contributed by atoms with Gasteiger partial charge in [0.2, 0.25) is 0 Å². The lowest BCUT2D eigenvalue weighted by atomic mass is 10.2. The lowest BCUT2D eigenvalue weighted by molar-refractivity contribution is 0.0697. The Morgan fingerprint density at radius 2 is 2.40 bits per heavy atom. The summed E-state index contributed by atoms with van der Waals surface area (Å²) in [5, 5.41) is 11.5. The molecule has 0 saturated carbocycles. The van der Waals surface area contributed by atoms with Crippen molar-refractivity contribution in [1.82, 2.24) is 10.3 Å². The first-order chi connectivity index (χ1) is 7.20. The van der Waals surface area contributed by atoms with E-state index >= 15 is 0 Å². The van der Waals surface area contributed by atoms with Crippen LogP contribution < -0.4 is 10.2 Å². The van der Waals surface area contributed by atoms with Crippen LogP contribution >= 0.6 is 0 Å². The molecular formula is C9H9N3O3. The standard InChI is InChI=1S/C9H9N3O3/c13-8(14)6-2-1-3-10-7(6)12-5-4-11-9(12)15/h1-3H,4-5H2,(H,11,15)(H,13,14). The summed E-state index contributed by atoms with van der Waals surface area (Å²) in [5.74, 6) is -0.891. The second kappa shape index (κ2) is 3.56. The number of carbonyl (C=O) groups excluding carboxylic acids is 1. The highest BCUT2D eigenvalue weighted by Gasteiger charge is 2.26. The number of pyridine rings is 1. The molecule has 0 atom stereocenters. The molecule has 1 aliphatic rings. The molecule has 78 valence electrons. The number of nitrogens with one attached hydrogen (secondary N) is 1. The van der Waals surface area contributed by atoms with Gasteiger partial charge in [0.05, 0.1) is 0 Å². The van der Waals surface area contributed by atoms with Crippen LogP contribution in [-0.2, 0) is 0 Å². The summed E-state index contributed by atoms with van der Waals surface area (Å²) < 4.78 is 0. The van der Waals surface area contributed by atoms with Gasteiger partial charge in [0.15, 0.2) is 5.82 Å². The number of carbonyl (C=O) groups is 2. The van der Waals surface area contributed by atoms with Gasteiger partial charge in [-0.25, -0.2) is 14.6 Å². The lowest BCUT2D eigenvalue weighted by Gasteiger charge is -2.14. The molecule has 15 heavy (non-hydrogen) atoms. The molecule has 0 unspecified atom stereocenters. The van der Waals surface area contributed by atoms with E-state index in [-0.39, 0.29) is 17.4 Å². The van der Waals surface area contributed by atoms with Crippen molar-refractivity contribution in [1.29, 1.82) is 0 Å². The third-order valence-electron chi connectivity index (χ3n) is 2.13. The molecule has 0 bridgehead atoms. The fourth-order valence-corrected chi connectivity index (χ4v) is 1.45. The first-order valence-corrected chi connectivity index (χ1v) is 4.44. The molecule has 2 rings (SSSR count). The molecule has 1 saturated heterocycles. The van der Waals surface area contributed by atoms with Gasteiger partial charge in [-0.2, -0.15) is 0 Å². The minimum absolute atomic E-state index is 0.0366. The maximum atomic E-state index is 11.3. The highest BCUT2D eigenvalue weighted by Crippen LogP contribution is 2.18. The zero-order valence-corrected chi connectivity index (χ0v) is 7.80.